The largest absolute Gasteiger partial charge is 0.462 e. The number of rotatable bonds is 54. The molecule has 0 spiro atoms. The second kappa shape index (κ2) is 57.2. The van der Waals surface area contributed by atoms with E-state index in [9.17, 15) is 19.8 Å². The highest BCUT2D eigenvalue weighted by Crippen LogP contribution is 2.18. The molecule has 0 aliphatic carbocycles. The third-order valence-electron chi connectivity index (χ3n) is 13.6. The number of aliphatic hydroxyl groups excluding tert-OH is 2. The van der Waals surface area contributed by atoms with Gasteiger partial charge >= 0.3 is 5.97 Å². The van der Waals surface area contributed by atoms with Crippen LogP contribution < -0.4 is 5.32 Å². The molecule has 0 aromatic rings. The monoisotopic (exact) mass is 978 g/mol. The van der Waals surface area contributed by atoms with E-state index in [0.717, 1.165) is 77.0 Å². The fourth-order valence-corrected chi connectivity index (χ4v) is 9.05. The van der Waals surface area contributed by atoms with Crippen LogP contribution in [-0.4, -0.2) is 46.9 Å². The van der Waals surface area contributed by atoms with Gasteiger partial charge in [-0.15, -0.1) is 0 Å². The summed E-state index contributed by atoms with van der Waals surface area (Å²) in [5.74, 6) is -0.519. The van der Waals surface area contributed by atoms with Gasteiger partial charge in [-0.1, -0.05) is 286 Å². The van der Waals surface area contributed by atoms with E-state index in [1.807, 2.05) is 30.4 Å². The topological polar surface area (TPSA) is 95.9 Å². The number of carbonyl (C=O) groups excluding carboxylic acids is 2. The molecule has 0 aromatic heterocycles. The van der Waals surface area contributed by atoms with Gasteiger partial charge in [0.05, 0.1) is 25.2 Å². The minimum atomic E-state index is -0.805. The van der Waals surface area contributed by atoms with E-state index in [1.54, 1.807) is 0 Å². The molecule has 0 radical (unpaired) electrons. The van der Waals surface area contributed by atoms with E-state index in [4.69, 9.17) is 4.74 Å². The quantitative estimate of drug-likeness (QED) is 0.0244. The van der Waals surface area contributed by atoms with Gasteiger partial charge in [-0.3, -0.25) is 9.59 Å². The molecule has 3 unspecified atom stereocenters. The molecule has 6 heteroatoms. The molecule has 0 bridgehead atoms. The van der Waals surface area contributed by atoms with Crippen LogP contribution in [0.5, 0.6) is 0 Å². The van der Waals surface area contributed by atoms with Crippen molar-refractivity contribution in [3.05, 3.63) is 72.9 Å². The van der Waals surface area contributed by atoms with Crippen LogP contribution in [-0.2, 0) is 14.3 Å². The predicted octanol–water partition coefficient (Wildman–Crippen LogP) is 18.9. The van der Waals surface area contributed by atoms with Crippen molar-refractivity contribution in [2.45, 2.75) is 315 Å². The SMILES string of the molecule is CCC/C=C/C=C/C=C/C=C/C=C/CCCCCC(CC(=O)NC(CO)C(O)CCCCCCCCCCCCCCCCCCC)OC(=O)CCCCCCC/C=C/CCCCCCCCCCC. The standard InChI is InChI=1S/C64H115NO5/c1-4-7-10-13-16-19-22-25-28-31-33-36-39-42-45-48-51-54-57-64(69)70-60(55-52-49-46-43-40-37-34-30-27-24-21-18-15-12-9-6-3)58-63(68)65-61(59-66)62(67)56-53-50-47-44-41-38-35-32-29-26-23-20-17-14-11-8-5-2/h12,15,18,21,24,27,30,33-34,36-37,40,60-62,66-67H,4-11,13-14,16-17,19-20,22-23,25-26,28-29,31-32,35,38-39,41-59H2,1-3H3,(H,65,68)/b15-12+,21-18+,27-24+,34-30+,36-33+,40-37+. The minimum absolute atomic E-state index is 0.0448. The zero-order valence-corrected chi connectivity index (χ0v) is 46.4. The Balaban J connectivity index is 4.62. The summed E-state index contributed by atoms with van der Waals surface area (Å²) in [4.78, 5) is 26.3. The van der Waals surface area contributed by atoms with Gasteiger partial charge in [0, 0.05) is 6.42 Å². The molecular formula is C64H115NO5. The van der Waals surface area contributed by atoms with Crippen LogP contribution in [0.15, 0.2) is 72.9 Å². The lowest BCUT2D eigenvalue weighted by Crippen LogP contribution is -2.46. The minimum Gasteiger partial charge on any atom is -0.462 e. The Kier molecular flexibility index (Phi) is 55.0. The maximum atomic E-state index is 13.3. The Morgan fingerprint density at radius 2 is 0.771 bits per heavy atom. The Hall–Kier alpha value is -2.70. The summed E-state index contributed by atoms with van der Waals surface area (Å²) in [6.07, 6.45) is 74.0. The summed E-state index contributed by atoms with van der Waals surface area (Å²) >= 11 is 0. The Morgan fingerprint density at radius 1 is 0.414 bits per heavy atom. The normalized spacial score (nSPS) is 13.6. The molecule has 3 N–H and O–H groups in total. The van der Waals surface area contributed by atoms with Gasteiger partial charge in [0.1, 0.15) is 6.10 Å². The molecular weight excluding hydrogens is 863 g/mol. The Labute approximate surface area is 434 Å². The molecule has 70 heavy (non-hydrogen) atoms. The summed E-state index contributed by atoms with van der Waals surface area (Å²) in [5.41, 5.74) is 0. The molecule has 0 heterocycles. The lowest BCUT2D eigenvalue weighted by molar-refractivity contribution is -0.151. The second-order valence-electron chi connectivity index (χ2n) is 20.5. The zero-order chi connectivity index (χ0) is 50.9. The van der Waals surface area contributed by atoms with Gasteiger partial charge in [-0.2, -0.15) is 0 Å². The number of unbranched alkanes of at least 4 members (excludes halogenated alkanes) is 34. The van der Waals surface area contributed by atoms with Gasteiger partial charge < -0.3 is 20.3 Å². The van der Waals surface area contributed by atoms with Crippen LogP contribution in [0.3, 0.4) is 0 Å². The van der Waals surface area contributed by atoms with Crippen LogP contribution in [0.4, 0.5) is 0 Å². The highest BCUT2D eigenvalue weighted by molar-refractivity contribution is 5.77. The molecule has 0 saturated heterocycles. The van der Waals surface area contributed by atoms with E-state index in [-0.39, 0.29) is 24.9 Å². The first-order valence-corrected chi connectivity index (χ1v) is 30.2. The number of allylic oxidation sites excluding steroid dienone is 12. The Morgan fingerprint density at radius 3 is 1.21 bits per heavy atom. The van der Waals surface area contributed by atoms with Crippen molar-refractivity contribution >= 4 is 11.9 Å². The summed E-state index contributed by atoms with van der Waals surface area (Å²) in [5, 5.41) is 23.9. The molecule has 0 saturated carbocycles. The predicted molar refractivity (Wildman–Crippen MR) is 305 cm³/mol. The summed E-state index contributed by atoms with van der Waals surface area (Å²) in [7, 11) is 0. The molecule has 0 aliphatic heterocycles. The van der Waals surface area contributed by atoms with Crippen molar-refractivity contribution < 1.29 is 24.5 Å². The second-order valence-corrected chi connectivity index (χ2v) is 20.5. The molecule has 1 amide bonds. The lowest BCUT2D eigenvalue weighted by atomic mass is 10.0. The number of ether oxygens (including phenoxy) is 1. The molecule has 406 valence electrons. The molecule has 0 aromatic carbocycles. The molecule has 0 rings (SSSR count). The molecule has 6 nitrogen and oxygen atoms in total. The van der Waals surface area contributed by atoms with Crippen molar-refractivity contribution in [3.63, 3.8) is 0 Å². The number of esters is 1. The van der Waals surface area contributed by atoms with Crippen molar-refractivity contribution in [2.24, 2.45) is 0 Å². The smallest absolute Gasteiger partial charge is 0.306 e. The Bertz CT molecular complexity index is 1280. The number of hydrogen-bond acceptors (Lipinski definition) is 5. The van der Waals surface area contributed by atoms with Crippen molar-refractivity contribution in [2.75, 3.05) is 6.61 Å². The third kappa shape index (κ3) is 51.6. The average molecular weight is 979 g/mol. The molecule has 3 atom stereocenters. The maximum Gasteiger partial charge on any atom is 0.306 e. The summed E-state index contributed by atoms with van der Waals surface area (Å²) in [6, 6.07) is -0.722. The van der Waals surface area contributed by atoms with E-state index < -0.39 is 18.2 Å². The van der Waals surface area contributed by atoms with Crippen LogP contribution >= 0.6 is 0 Å². The van der Waals surface area contributed by atoms with Crippen molar-refractivity contribution in [1.29, 1.82) is 0 Å². The number of aliphatic hydroxyl groups is 2. The van der Waals surface area contributed by atoms with Crippen LogP contribution in [0.1, 0.15) is 297 Å². The number of amides is 1. The van der Waals surface area contributed by atoms with E-state index in [2.05, 4.69) is 68.6 Å². The highest BCUT2D eigenvalue weighted by Gasteiger charge is 2.24. The van der Waals surface area contributed by atoms with E-state index in [0.29, 0.717) is 19.3 Å². The van der Waals surface area contributed by atoms with Gasteiger partial charge in [-0.25, -0.2) is 0 Å². The molecule has 0 aliphatic rings. The maximum absolute atomic E-state index is 13.3. The number of nitrogens with one attached hydrogen (secondary N) is 1. The zero-order valence-electron chi connectivity index (χ0n) is 46.4. The van der Waals surface area contributed by atoms with Crippen LogP contribution in [0, 0.1) is 0 Å². The van der Waals surface area contributed by atoms with Gasteiger partial charge in [0.25, 0.3) is 0 Å². The average Bonchev–Trinajstić information content (AvgIpc) is 3.35. The molecule has 0 fully saturated rings. The van der Waals surface area contributed by atoms with Crippen molar-refractivity contribution in [3.8, 4) is 0 Å². The third-order valence-corrected chi connectivity index (χ3v) is 13.6. The fraction of sp³-hybridized carbons (Fsp3) is 0.781. The first kappa shape index (κ1) is 67.3. The fourth-order valence-electron chi connectivity index (χ4n) is 9.05. The van der Waals surface area contributed by atoms with E-state index in [1.165, 1.54) is 173 Å². The van der Waals surface area contributed by atoms with Gasteiger partial charge in [0.15, 0.2) is 0 Å². The van der Waals surface area contributed by atoms with Crippen LogP contribution in [0.2, 0.25) is 0 Å². The first-order chi connectivity index (χ1) is 34.5. The lowest BCUT2D eigenvalue weighted by Gasteiger charge is -2.24. The number of hydrogen-bond donors (Lipinski definition) is 3. The first-order valence-electron chi connectivity index (χ1n) is 30.2. The highest BCUT2D eigenvalue weighted by atomic mass is 16.5. The summed E-state index contributed by atoms with van der Waals surface area (Å²) in [6.45, 7) is 6.42. The van der Waals surface area contributed by atoms with Gasteiger partial charge in [0.2, 0.25) is 5.91 Å². The van der Waals surface area contributed by atoms with E-state index >= 15 is 0 Å². The summed E-state index contributed by atoms with van der Waals surface area (Å²) < 4.78 is 5.95. The number of carbonyl (C=O) groups is 2. The van der Waals surface area contributed by atoms with Gasteiger partial charge in [-0.05, 0) is 70.6 Å². The van der Waals surface area contributed by atoms with Crippen molar-refractivity contribution in [1.82, 2.24) is 5.32 Å². The van der Waals surface area contributed by atoms with Crippen LogP contribution in [0.25, 0.3) is 0 Å².